The summed E-state index contributed by atoms with van der Waals surface area (Å²) >= 11 is 1.59. The summed E-state index contributed by atoms with van der Waals surface area (Å²) in [7, 11) is -0.780. The van der Waals surface area contributed by atoms with Crippen molar-refractivity contribution in [1.29, 1.82) is 0 Å². The van der Waals surface area contributed by atoms with E-state index >= 15 is 0 Å². The normalized spacial score (nSPS) is 12.2. The van der Waals surface area contributed by atoms with Crippen LogP contribution in [0.15, 0.2) is 39.9 Å². The maximum absolute atomic E-state index is 12.7. The Labute approximate surface area is 141 Å². The summed E-state index contributed by atoms with van der Waals surface area (Å²) in [6, 6.07) is 6.70. The maximum atomic E-state index is 12.7. The third-order valence-corrected chi connectivity index (χ3v) is 5.77. The first-order chi connectivity index (χ1) is 10.8. The first-order valence-electron chi connectivity index (χ1n) is 7.04. The summed E-state index contributed by atoms with van der Waals surface area (Å²) in [6.07, 6.45) is 0. The van der Waals surface area contributed by atoms with Gasteiger partial charge in [0.2, 0.25) is 10.0 Å². The van der Waals surface area contributed by atoms with Gasteiger partial charge in [0.25, 0.3) is 0 Å². The number of ether oxygens (including phenoxy) is 2. The van der Waals surface area contributed by atoms with Gasteiger partial charge in [-0.2, -0.15) is 11.3 Å². The molecule has 1 N–H and O–H groups in total. The number of rotatable bonds is 7. The van der Waals surface area contributed by atoms with Crippen LogP contribution in [0.3, 0.4) is 0 Å². The van der Waals surface area contributed by atoms with Crippen LogP contribution < -0.4 is 14.2 Å². The highest BCUT2D eigenvalue weighted by Gasteiger charge is 2.26. The van der Waals surface area contributed by atoms with Gasteiger partial charge in [0.15, 0.2) is 0 Å². The van der Waals surface area contributed by atoms with Gasteiger partial charge in [-0.05, 0) is 34.5 Å². The van der Waals surface area contributed by atoms with Crippen LogP contribution in [-0.2, 0) is 15.4 Å². The van der Waals surface area contributed by atoms with Crippen molar-refractivity contribution in [2.75, 3.05) is 20.8 Å². The van der Waals surface area contributed by atoms with E-state index in [-0.39, 0.29) is 22.6 Å². The van der Waals surface area contributed by atoms with Crippen molar-refractivity contribution in [3.63, 3.8) is 0 Å². The molecule has 0 aliphatic carbocycles. The lowest BCUT2D eigenvalue weighted by molar-refractivity contribution is 0.391. The van der Waals surface area contributed by atoms with Crippen LogP contribution in [0.25, 0.3) is 0 Å². The molecule has 0 fully saturated rings. The molecule has 0 bridgehead atoms. The van der Waals surface area contributed by atoms with E-state index in [0.717, 1.165) is 5.56 Å². The zero-order valence-corrected chi connectivity index (χ0v) is 15.3. The third-order valence-electron chi connectivity index (χ3n) is 3.67. The second-order valence-corrected chi connectivity index (χ2v) is 8.25. The second kappa shape index (κ2) is 6.90. The number of hydrogen-bond donors (Lipinski definition) is 1. The van der Waals surface area contributed by atoms with E-state index in [1.54, 1.807) is 23.5 Å². The van der Waals surface area contributed by atoms with Gasteiger partial charge in [-0.25, -0.2) is 13.1 Å². The van der Waals surface area contributed by atoms with Crippen LogP contribution in [0.2, 0.25) is 0 Å². The molecule has 7 heteroatoms. The lowest BCUT2D eigenvalue weighted by atomic mass is 9.87. The third kappa shape index (κ3) is 4.04. The average Bonchev–Trinajstić information content (AvgIpc) is 3.08. The lowest BCUT2D eigenvalue weighted by Gasteiger charge is -2.24. The van der Waals surface area contributed by atoms with E-state index in [9.17, 15) is 8.42 Å². The van der Waals surface area contributed by atoms with Crippen molar-refractivity contribution in [3.8, 4) is 11.5 Å². The fraction of sp³-hybridized carbons (Fsp3) is 0.375. The molecule has 0 aliphatic rings. The van der Waals surface area contributed by atoms with Gasteiger partial charge >= 0.3 is 0 Å². The molecule has 126 valence electrons. The molecule has 0 amide bonds. The largest absolute Gasteiger partial charge is 0.497 e. The van der Waals surface area contributed by atoms with Gasteiger partial charge in [-0.3, -0.25) is 0 Å². The molecule has 1 aromatic carbocycles. The molecule has 0 saturated carbocycles. The Hall–Kier alpha value is -1.57. The monoisotopic (exact) mass is 355 g/mol. The maximum Gasteiger partial charge on any atom is 0.244 e. The van der Waals surface area contributed by atoms with Gasteiger partial charge < -0.3 is 9.47 Å². The summed E-state index contributed by atoms with van der Waals surface area (Å²) in [5.74, 6) is 0.745. The highest BCUT2D eigenvalue weighted by atomic mass is 32.2. The minimum Gasteiger partial charge on any atom is -0.497 e. The van der Waals surface area contributed by atoms with Gasteiger partial charge in [0, 0.05) is 18.0 Å². The SMILES string of the molecule is COc1ccc(OC)c(S(=O)(=O)NCC(C)(C)c2ccsc2)c1. The topological polar surface area (TPSA) is 64.6 Å². The molecule has 1 aromatic heterocycles. The number of nitrogens with one attached hydrogen (secondary N) is 1. The van der Waals surface area contributed by atoms with Crippen molar-refractivity contribution in [1.82, 2.24) is 4.72 Å². The molecule has 0 atom stereocenters. The molecule has 0 radical (unpaired) electrons. The first-order valence-corrected chi connectivity index (χ1v) is 9.47. The fourth-order valence-corrected chi connectivity index (χ4v) is 4.34. The van der Waals surface area contributed by atoms with E-state index in [1.165, 1.54) is 20.3 Å². The van der Waals surface area contributed by atoms with E-state index in [4.69, 9.17) is 9.47 Å². The molecule has 0 aliphatic heterocycles. The molecule has 5 nitrogen and oxygen atoms in total. The molecule has 0 spiro atoms. The molecule has 2 aromatic rings. The fourth-order valence-electron chi connectivity index (χ4n) is 2.10. The number of benzene rings is 1. The van der Waals surface area contributed by atoms with E-state index in [1.807, 2.05) is 30.7 Å². The van der Waals surface area contributed by atoms with Crippen LogP contribution in [0.1, 0.15) is 19.4 Å². The minimum atomic E-state index is -3.71. The van der Waals surface area contributed by atoms with E-state index in [0.29, 0.717) is 5.75 Å². The summed E-state index contributed by atoms with van der Waals surface area (Å²) in [5.41, 5.74) is 0.793. The van der Waals surface area contributed by atoms with Crippen molar-refractivity contribution < 1.29 is 17.9 Å². The Morgan fingerprint density at radius 2 is 1.91 bits per heavy atom. The zero-order valence-electron chi connectivity index (χ0n) is 13.6. The zero-order chi connectivity index (χ0) is 17.1. The van der Waals surface area contributed by atoms with Crippen LogP contribution in [0.5, 0.6) is 11.5 Å². The lowest BCUT2D eigenvalue weighted by Crippen LogP contribution is -2.36. The van der Waals surface area contributed by atoms with E-state index < -0.39 is 10.0 Å². The standard InChI is InChI=1S/C16H21NO4S2/c1-16(2,12-7-8-22-10-12)11-17-23(18,19)15-9-13(20-3)5-6-14(15)21-4/h5-10,17H,11H2,1-4H3. The molecular weight excluding hydrogens is 334 g/mol. The number of methoxy groups -OCH3 is 2. The second-order valence-electron chi connectivity index (χ2n) is 5.74. The number of hydrogen-bond acceptors (Lipinski definition) is 5. The van der Waals surface area contributed by atoms with Crippen LogP contribution in [-0.4, -0.2) is 29.2 Å². The Bertz CT molecular complexity index is 752. The van der Waals surface area contributed by atoms with Crippen molar-refractivity contribution >= 4 is 21.4 Å². The number of sulfonamides is 1. The minimum absolute atomic E-state index is 0.0699. The van der Waals surface area contributed by atoms with Crippen LogP contribution in [0, 0.1) is 0 Å². The van der Waals surface area contributed by atoms with Crippen LogP contribution >= 0.6 is 11.3 Å². The first kappa shape index (κ1) is 17.8. The average molecular weight is 355 g/mol. The van der Waals surface area contributed by atoms with Crippen molar-refractivity contribution in [2.24, 2.45) is 0 Å². The number of thiophene rings is 1. The predicted octanol–water partition coefficient (Wildman–Crippen LogP) is 3.02. The summed E-state index contributed by atoms with van der Waals surface area (Å²) < 4.78 is 38.2. The Kier molecular flexibility index (Phi) is 5.33. The van der Waals surface area contributed by atoms with Gasteiger partial charge in [0.1, 0.15) is 16.4 Å². The molecule has 0 saturated heterocycles. The summed E-state index contributed by atoms with van der Waals surface area (Å²) in [5, 5.41) is 4.01. The van der Waals surface area contributed by atoms with Crippen LogP contribution in [0.4, 0.5) is 0 Å². The van der Waals surface area contributed by atoms with Gasteiger partial charge in [-0.15, -0.1) is 0 Å². The van der Waals surface area contributed by atoms with Gasteiger partial charge in [-0.1, -0.05) is 13.8 Å². The summed E-state index contributed by atoms with van der Waals surface area (Å²) in [6.45, 7) is 4.28. The molecular formula is C16H21NO4S2. The van der Waals surface area contributed by atoms with E-state index in [2.05, 4.69) is 4.72 Å². The van der Waals surface area contributed by atoms with Crippen molar-refractivity contribution in [2.45, 2.75) is 24.2 Å². The highest BCUT2D eigenvalue weighted by Crippen LogP contribution is 2.29. The molecule has 1 heterocycles. The molecule has 0 unspecified atom stereocenters. The quantitative estimate of drug-likeness (QED) is 0.829. The summed E-state index contributed by atoms with van der Waals surface area (Å²) in [4.78, 5) is 0.0699. The van der Waals surface area contributed by atoms with Gasteiger partial charge in [0.05, 0.1) is 14.2 Å². The van der Waals surface area contributed by atoms with Crippen molar-refractivity contribution in [3.05, 3.63) is 40.6 Å². The Balaban J connectivity index is 2.25. The molecule has 23 heavy (non-hydrogen) atoms. The Morgan fingerprint density at radius 3 is 2.48 bits per heavy atom. The highest BCUT2D eigenvalue weighted by molar-refractivity contribution is 7.89. The smallest absolute Gasteiger partial charge is 0.244 e. The predicted molar refractivity (Wildman–Crippen MR) is 92.1 cm³/mol. The molecule has 2 rings (SSSR count). The Morgan fingerprint density at radius 1 is 1.17 bits per heavy atom.